The smallest absolute Gasteiger partial charge is 0.125 e. The van der Waals surface area contributed by atoms with Crippen LogP contribution in [0.3, 0.4) is 0 Å². The highest BCUT2D eigenvalue weighted by Gasteiger charge is 2.03. The fourth-order valence-electron chi connectivity index (χ4n) is 1.39. The molecule has 0 aliphatic carbocycles. The van der Waals surface area contributed by atoms with Gasteiger partial charge in [0.25, 0.3) is 0 Å². The van der Waals surface area contributed by atoms with Gasteiger partial charge in [0.2, 0.25) is 0 Å². The zero-order valence-electron chi connectivity index (χ0n) is 8.34. The fourth-order valence-corrected chi connectivity index (χ4v) is 1.51. The lowest BCUT2D eigenvalue weighted by Gasteiger charge is -2.22. The normalized spacial score (nSPS) is 10.2. The molecule has 78 valence electrons. The van der Waals surface area contributed by atoms with Crippen molar-refractivity contribution in [2.45, 2.75) is 13.3 Å². The summed E-state index contributed by atoms with van der Waals surface area (Å²) in [5, 5.41) is 0. The number of anilines is 1. The highest BCUT2D eigenvalue weighted by Crippen LogP contribution is 2.15. The molecule has 0 bridgehead atoms. The Bertz CT molecular complexity index is 278. The van der Waals surface area contributed by atoms with Gasteiger partial charge < -0.3 is 4.90 Å². The van der Waals surface area contributed by atoms with Crippen LogP contribution in [0.4, 0.5) is 10.1 Å². The first kappa shape index (κ1) is 11.3. The molecule has 3 heteroatoms. The molecular formula is C11H15ClFN. The highest BCUT2D eigenvalue weighted by molar-refractivity contribution is 6.17. The molecule has 14 heavy (non-hydrogen) atoms. The Balaban J connectivity index is 2.68. The van der Waals surface area contributed by atoms with E-state index in [4.69, 9.17) is 11.6 Å². The summed E-state index contributed by atoms with van der Waals surface area (Å²) in [7, 11) is 0. The molecule has 1 nitrogen and oxygen atoms in total. The van der Waals surface area contributed by atoms with Gasteiger partial charge in [-0.3, -0.25) is 0 Å². The van der Waals surface area contributed by atoms with Gasteiger partial charge in [0, 0.05) is 24.7 Å². The van der Waals surface area contributed by atoms with Gasteiger partial charge in [-0.2, -0.15) is 0 Å². The molecule has 0 spiro atoms. The van der Waals surface area contributed by atoms with Crippen LogP contribution in [0.5, 0.6) is 0 Å². The largest absolute Gasteiger partial charge is 0.372 e. The van der Waals surface area contributed by atoms with Crippen LogP contribution >= 0.6 is 11.6 Å². The topological polar surface area (TPSA) is 3.24 Å². The molecule has 0 saturated carbocycles. The van der Waals surface area contributed by atoms with Gasteiger partial charge >= 0.3 is 0 Å². The Morgan fingerprint density at radius 2 is 2.21 bits per heavy atom. The molecule has 0 heterocycles. The van der Waals surface area contributed by atoms with E-state index in [0.29, 0.717) is 5.88 Å². The lowest BCUT2D eigenvalue weighted by molar-refractivity contribution is 0.626. The number of alkyl halides is 1. The molecule has 0 aliphatic rings. The summed E-state index contributed by atoms with van der Waals surface area (Å²) in [5.74, 6) is 0.457. The number of nitrogens with zero attached hydrogens (tertiary/aromatic N) is 1. The molecule has 0 aliphatic heterocycles. The molecule has 0 N–H and O–H groups in total. The quantitative estimate of drug-likeness (QED) is 0.682. The van der Waals surface area contributed by atoms with E-state index in [9.17, 15) is 4.39 Å². The number of halogens is 2. The molecule has 1 aromatic carbocycles. The van der Waals surface area contributed by atoms with Crippen LogP contribution in [0.25, 0.3) is 0 Å². The average Bonchev–Trinajstić information content (AvgIpc) is 2.19. The van der Waals surface area contributed by atoms with Crippen molar-refractivity contribution in [2.24, 2.45) is 0 Å². The summed E-state index contributed by atoms with van der Waals surface area (Å²) < 4.78 is 12.9. The highest BCUT2D eigenvalue weighted by atomic mass is 35.5. The van der Waals surface area contributed by atoms with Crippen LogP contribution in [-0.4, -0.2) is 19.0 Å². The van der Waals surface area contributed by atoms with Crippen LogP contribution in [0.2, 0.25) is 0 Å². The Kier molecular flexibility index (Phi) is 4.74. The summed E-state index contributed by atoms with van der Waals surface area (Å²) in [6.45, 7) is 3.81. The minimum absolute atomic E-state index is 0.188. The SMILES string of the molecule is CCN(CCCCl)c1cccc(F)c1. The van der Waals surface area contributed by atoms with E-state index in [2.05, 4.69) is 11.8 Å². The van der Waals surface area contributed by atoms with E-state index in [1.165, 1.54) is 6.07 Å². The molecule has 0 atom stereocenters. The lowest BCUT2D eigenvalue weighted by atomic mass is 10.2. The van der Waals surface area contributed by atoms with Crippen LogP contribution in [0, 0.1) is 5.82 Å². The maximum atomic E-state index is 12.9. The summed E-state index contributed by atoms with van der Waals surface area (Å²) in [4.78, 5) is 2.12. The molecule has 0 radical (unpaired) electrons. The van der Waals surface area contributed by atoms with Gasteiger partial charge in [-0.15, -0.1) is 11.6 Å². The fraction of sp³-hybridized carbons (Fsp3) is 0.455. The van der Waals surface area contributed by atoms with Gasteiger partial charge in [0.15, 0.2) is 0 Å². The lowest BCUT2D eigenvalue weighted by Crippen LogP contribution is -2.24. The summed E-state index contributed by atoms with van der Waals surface area (Å²) in [6.07, 6.45) is 0.923. The number of rotatable bonds is 5. The van der Waals surface area contributed by atoms with Gasteiger partial charge in [0.05, 0.1) is 0 Å². The second-order valence-electron chi connectivity index (χ2n) is 3.10. The Hall–Kier alpha value is -0.760. The second kappa shape index (κ2) is 5.86. The van der Waals surface area contributed by atoms with Crippen LogP contribution < -0.4 is 4.90 Å². The van der Waals surface area contributed by atoms with Crippen molar-refractivity contribution in [1.82, 2.24) is 0 Å². The summed E-state index contributed by atoms with van der Waals surface area (Å²) >= 11 is 5.62. The van der Waals surface area contributed by atoms with Crippen molar-refractivity contribution < 1.29 is 4.39 Å². The zero-order valence-corrected chi connectivity index (χ0v) is 9.10. The monoisotopic (exact) mass is 215 g/mol. The molecule has 0 aromatic heterocycles. The van der Waals surface area contributed by atoms with Crippen molar-refractivity contribution in [3.8, 4) is 0 Å². The predicted octanol–water partition coefficient (Wildman–Crippen LogP) is 3.28. The van der Waals surface area contributed by atoms with E-state index in [0.717, 1.165) is 25.2 Å². The van der Waals surface area contributed by atoms with Gasteiger partial charge in [-0.1, -0.05) is 6.07 Å². The van der Waals surface area contributed by atoms with Crippen molar-refractivity contribution in [3.05, 3.63) is 30.1 Å². The third-order valence-electron chi connectivity index (χ3n) is 2.12. The first-order valence-corrected chi connectivity index (χ1v) is 5.38. The van der Waals surface area contributed by atoms with Gasteiger partial charge in [-0.05, 0) is 31.5 Å². The molecule has 0 saturated heterocycles. The van der Waals surface area contributed by atoms with E-state index in [-0.39, 0.29) is 5.82 Å². The van der Waals surface area contributed by atoms with Crippen LogP contribution in [-0.2, 0) is 0 Å². The molecule has 0 amide bonds. The maximum absolute atomic E-state index is 12.9. The molecular weight excluding hydrogens is 201 g/mol. The zero-order chi connectivity index (χ0) is 10.4. The number of hydrogen-bond acceptors (Lipinski definition) is 1. The number of benzene rings is 1. The van der Waals surface area contributed by atoms with Crippen molar-refractivity contribution in [2.75, 3.05) is 23.9 Å². The van der Waals surface area contributed by atoms with E-state index < -0.39 is 0 Å². The van der Waals surface area contributed by atoms with Crippen molar-refractivity contribution in [3.63, 3.8) is 0 Å². The Labute approximate surface area is 89.5 Å². The molecule has 0 fully saturated rings. The van der Waals surface area contributed by atoms with Crippen molar-refractivity contribution in [1.29, 1.82) is 0 Å². The third-order valence-corrected chi connectivity index (χ3v) is 2.38. The minimum Gasteiger partial charge on any atom is -0.372 e. The third kappa shape index (κ3) is 3.18. The molecule has 1 rings (SSSR count). The standard InChI is InChI=1S/C11H15ClFN/c1-2-14(8-4-7-12)11-6-3-5-10(13)9-11/h3,5-6,9H,2,4,7-8H2,1H3. The molecule has 1 aromatic rings. The minimum atomic E-state index is -0.188. The van der Waals surface area contributed by atoms with Crippen LogP contribution in [0.15, 0.2) is 24.3 Å². The average molecular weight is 216 g/mol. The van der Waals surface area contributed by atoms with E-state index in [1.54, 1.807) is 12.1 Å². The number of hydrogen-bond donors (Lipinski definition) is 0. The van der Waals surface area contributed by atoms with E-state index in [1.807, 2.05) is 6.07 Å². The first-order valence-electron chi connectivity index (χ1n) is 4.84. The van der Waals surface area contributed by atoms with Crippen molar-refractivity contribution >= 4 is 17.3 Å². The summed E-state index contributed by atoms with van der Waals surface area (Å²) in [5.41, 5.74) is 0.928. The first-order chi connectivity index (χ1) is 6.77. The van der Waals surface area contributed by atoms with Gasteiger partial charge in [0.1, 0.15) is 5.82 Å². The second-order valence-corrected chi connectivity index (χ2v) is 3.48. The predicted molar refractivity (Wildman–Crippen MR) is 59.6 cm³/mol. The van der Waals surface area contributed by atoms with Crippen LogP contribution in [0.1, 0.15) is 13.3 Å². The summed E-state index contributed by atoms with van der Waals surface area (Å²) in [6, 6.07) is 6.66. The van der Waals surface area contributed by atoms with E-state index >= 15 is 0 Å². The Morgan fingerprint density at radius 3 is 2.79 bits per heavy atom. The maximum Gasteiger partial charge on any atom is 0.125 e. The molecule has 0 unspecified atom stereocenters. The Morgan fingerprint density at radius 1 is 1.43 bits per heavy atom. The van der Waals surface area contributed by atoms with Gasteiger partial charge in [-0.25, -0.2) is 4.39 Å².